The molecule has 1 aromatic carbocycles. The Morgan fingerprint density at radius 3 is 2.47 bits per heavy atom. The van der Waals surface area contributed by atoms with Gasteiger partial charge in [0, 0.05) is 23.0 Å². The molecule has 0 atom stereocenters. The normalized spacial score (nSPS) is 13.1. The number of anilines is 1. The first-order valence-electron chi connectivity index (χ1n) is 6.90. The van der Waals surface area contributed by atoms with Crippen molar-refractivity contribution in [2.45, 2.75) is 46.6 Å². The Labute approximate surface area is 116 Å². The molecule has 104 valence electrons. The molecule has 1 aromatic rings. The van der Waals surface area contributed by atoms with E-state index >= 15 is 0 Å². The van der Waals surface area contributed by atoms with Crippen molar-refractivity contribution in [3.8, 4) is 0 Å². The van der Waals surface area contributed by atoms with Crippen LogP contribution in [-0.4, -0.2) is 11.9 Å². The van der Waals surface area contributed by atoms with Crippen LogP contribution in [0.1, 0.15) is 49.5 Å². The average Bonchev–Trinajstić information content (AvgIpc) is 3.18. The van der Waals surface area contributed by atoms with E-state index in [9.17, 15) is 4.79 Å². The number of hydrogen-bond donors (Lipinski definition) is 2. The molecule has 0 unspecified atom stereocenters. The molecule has 0 radical (unpaired) electrons. The molecular weight excluding hydrogens is 236 g/mol. The number of hydrogen-bond acceptors (Lipinski definition) is 2. The van der Waals surface area contributed by atoms with Gasteiger partial charge in [-0.05, 0) is 44.4 Å². The lowest BCUT2D eigenvalue weighted by Gasteiger charge is -2.11. The maximum Gasteiger partial charge on any atom is 0.251 e. The average molecular weight is 260 g/mol. The van der Waals surface area contributed by atoms with Crippen LogP contribution in [0.25, 0.3) is 0 Å². The molecule has 1 aliphatic rings. The highest BCUT2D eigenvalue weighted by molar-refractivity contribution is 5.95. The predicted molar refractivity (Wildman–Crippen MR) is 81.5 cm³/mol. The van der Waals surface area contributed by atoms with Gasteiger partial charge in [-0.25, -0.2) is 0 Å². The summed E-state index contributed by atoms with van der Waals surface area (Å²) in [7, 11) is 0. The fraction of sp³-hybridized carbons (Fsp3) is 0.438. The van der Waals surface area contributed by atoms with E-state index in [1.54, 1.807) is 0 Å². The number of allylic oxidation sites excluding steroid dienone is 1. The Bertz CT molecular complexity index is 462. The van der Waals surface area contributed by atoms with Gasteiger partial charge >= 0.3 is 0 Å². The van der Waals surface area contributed by atoms with Crippen molar-refractivity contribution in [1.82, 2.24) is 5.32 Å². The number of nitrogens with one attached hydrogen (secondary N) is 2. The van der Waals surface area contributed by atoms with Crippen molar-refractivity contribution in [2.24, 2.45) is 0 Å². The van der Waals surface area contributed by atoms with Gasteiger partial charge in [-0.1, -0.05) is 26.5 Å². The monoisotopic (exact) mass is 260 g/mol. The molecule has 0 aromatic heterocycles. The van der Waals surface area contributed by atoms with Crippen molar-refractivity contribution in [3.05, 3.63) is 41.6 Å². The van der Waals surface area contributed by atoms with Crippen LogP contribution < -0.4 is 10.6 Å². The summed E-state index contributed by atoms with van der Waals surface area (Å²) < 4.78 is 0. The number of carbonyl (C=O) groups is 1. The number of amides is 1. The molecule has 1 amide bonds. The van der Waals surface area contributed by atoms with E-state index < -0.39 is 0 Å². The quantitative estimate of drug-likeness (QED) is 0.863. The van der Waals surface area contributed by atoms with Gasteiger partial charge in [0.05, 0.1) is 0 Å². The highest BCUT2D eigenvalue weighted by Crippen LogP contribution is 2.21. The van der Waals surface area contributed by atoms with Crippen LogP contribution in [-0.2, 0) is 0 Å². The van der Waals surface area contributed by atoms with Crippen LogP contribution in [0.15, 0.2) is 30.5 Å². The van der Waals surface area contributed by atoms with Crippen LogP contribution in [0.2, 0.25) is 0 Å². The highest BCUT2D eigenvalue weighted by atomic mass is 16.1. The minimum absolute atomic E-state index is 0.0114. The maximum absolute atomic E-state index is 11.9. The SMILES string of the molecule is C=C(C)Nc1cc(C(=O)NC2CC2)ccc1C.CC. The summed E-state index contributed by atoms with van der Waals surface area (Å²) in [6.45, 7) is 11.7. The van der Waals surface area contributed by atoms with Gasteiger partial charge in [-0.2, -0.15) is 0 Å². The lowest BCUT2D eigenvalue weighted by molar-refractivity contribution is 0.0951. The third-order valence-electron chi connectivity index (χ3n) is 2.76. The molecule has 2 rings (SSSR count). The molecule has 1 saturated carbocycles. The molecular formula is C16H24N2O. The highest BCUT2D eigenvalue weighted by Gasteiger charge is 2.23. The topological polar surface area (TPSA) is 41.1 Å². The third kappa shape index (κ3) is 4.78. The van der Waals surface area contributed by atoms with Crippen molar-refractivity contribution < 1.29 is 4.79 Å². The van der Waals surface area contributed by atoms with E-state index in [2.05, 4.69) is 17.2 Å². The molecule has 3 nitrogen and oxygen atoms in total. The summed E-state index contributed by atoms with van der Waals surface area (Å²) in [5.74, 6) is 0.0114. The number of rotatable bonds is 4. The number of aryl methyl sites for hydroxylation is 1. The van der Waals surface area contributed by atoms with Gasteiger partial charge in [0.1, 0.15) is 0 Å². The summed E-state index contributed by atoms with van der Waals surface area (Å²) in [5, 5.41) is 6.14. The lowest BCUT2D eigenvalue weighted by atomic mass is 10.1. The van der Waals surface area contributed by atoms with Gasteiger partial charge in [0.25, 0.3) is 5.91 Å². The standard InChI is InChI=1S/C14H18N2O.C2H6/c1-9(2)15-13-8-11(5-4-10(13)3)14(17)16-12-6-7-12;1-2/h4-5,8,12,15H,1,6-7H2,2-3H3,(H,16,17);1-2H3. The lowest BCUT2D eigenvalue weighted by Crippen LogP contribution is -2.25. The van der Waals surface area contributed by atoms with Crippen molar-refractivity contribution in [2.75, 3.05) is 5.32 Å². The second-order valence-electron chi connectivity index (χ2n) is 4.68. The molecule has 3 heteroatoms. The van der Waals surface area contributed by atoms with Gasteiger partial charge in [-0.15, -0.1) is 0 Å². The van der Waals surface area contributed by atoms with E-state index in [0.717, 1.165) is 29.8 Å². The van der Waals surface area contributed by atoms with Gasteiger partial charge in [-0.3, -0.25) is 4.79 Å². The minimum Gasteiger partial charge on any atom is -0.359 e. The van der Waals surface area contributed by atoms with Crippen molar-refractivity contribution in [1.29, 1.82) is 0 Å². The summed E-state index contributed by atoms with van der Waals surface area (Å²) >= 11 is 0. The first-order chi connectivity index (χ1) is 9.06. The molecule has 19 heavy (non-hydrogen) atoms. The van der Waals surface area contributed by atoms with Gasteiger partial charge in [0.15, 0.2) is 0 Å². The van der Waals surface area contributed by atoms with Crippen LogP contribution >= 0.6 is 0 Å². The minimum atomic E-state index is 0.0114. The van der Waals surface area contributed by atoms with Crippen LogP contribution in [0.3, 0.4) is 0 Å². The predicted octanol–water partition coefficient (Wildman–Crippen LogP) is 3.86. The molecule has 0 heterocycles. The first-order valence-corrected chi connectivity index (χ1v) is 6.90. The number of benzene rings is 1. The van der Waals surface area contributed by atoms with Gasteiger partial charge in [0.2, 0.25) is 0 Å². The molecule has 0 spiro atoms. The Morgan fingerprint density at radius 2 is 1.95 bits per heavy atom. The number of carbonyl (C=O) groups excluding carboxylic acids is 1. The van der Waals surface area contributed by atoms with Crippen molar-refractivity contribution >= 4 is 11.6 Å². The maximum atomic E-state index is 11.9. The summed E-state index contributed by atoms with van der Waals surface area (Å²) in [6.07, 6.45) is 2.21. The van der Waals surface area contributed by atoms with E-state index in [-0.39, 0.29) is 5.91 Å². The van der Waals surface area contributed by atoms with Crippen LogP contribution in [0.4, 0.5) is 5.69 Å². The third-order valence-corrected chi connectivity index (χ3v) is 2.76. The molecule has 2 N–H and O–H groups in total. The molecule has 1 aliphatic carbocycles. The molecule has 0 aliphatic heterocycles. The fourth-order valence-electron chi connectivity index (χ4n) is 1.62. The zero-order valence-electron chi connectivity index (χ0n) is 12.3. The first kappa shape index (κ1) is 15.3. The van der Waals surface area contributed by atoms with E-state index in [0.29, 0.717) is 11.6 Å². The summed E-state index contributed by atoms with van der Waals surface area (Å²) in [5.41, 5.74) is 3.62. The summed E-state index contributed by atoms with van der Waals surface area (Å²) in [4.78, 5) is 11.9. The second-order valence-corrected chi connectivity index (χ2v) is 4.68. The zero-order valence-corrected chi connectivity index (χ0v) is 12.3. The zero-order chi connectivity index (χ0) is 14.4. The second kappa shape index (κ2) is 6.98. The van der Waals surface area contributed by atoms with Crippen LogP contribution in [0, 0.1) is 6.92 Å². The molecule has 1 fully saturated rings. The smallest absolute Gasteiger partial charge is 0.251 e. The largest absolute Gasteiger partial charge is 0.359 e. The fourth-order valence-corrected chi connectivity index (χ4v) is 1.62. The van der Waals surface area contributed by atoms with Crippen LogP contribution in [0.5, 0.6) is 0 Å². The Hall–Kier alpha value is -1.77. The van der Waals surface area contributed by atoms with E-state index in [1.165, 1.54) is 0 Å². The van der Waals surface area contributed by atoms with Gasteiger partial charge < -0.3 is 10.6 Å². The van der Waals surface area contributed by atoms with Crippen molar-refractivity contribution in [3.63, 3.8) is 0 Å². The molecule has 0 saturated heterocycles. The van der Waals surface area contributed by atoms with E-state index in [4.69, 9.17) is 0 Å². The Balaban J connectivity index is 0.000000861. The Morgan fingerprint density at radius 1 is 1.32 bits per heavy atom. The van der Waals surface area contributed by atoms with E-state index in [1.807, 2.05) is 45.9 Å². The molecule has 0 bridgehead atoms. The Kier molecular flexibility index (Phi) is 5.61. The summed E-state index contributed by atoms with van der Waals surface area (Å²) in [6, 6.07) is 6.08.